The van der Waals surface area contributed by atoms with E-state index in [-0.39, 0.29) is 0 Å². The fourth-order valence-electron chi connectivity index (χ4n) is 2.71. The molecule has 3 aromatic rings. The Kier molecular flexibility index (Phi) is 6.51. The maximum Gasteiger partial charge on any atom is 0.0917 e. The van der Waals surface area contributed by atoms with E-state index in [0.29, 0.717) is 18.1 Å². The van der Waals surface area contributed by atoms with Gasteiger partial charge in [0.15, 0.2) is 0 Å². The Morgan fingerprint density at radius 1 is 0.920 bits per heavy atom. The highest BCUT2D eigenvalue weighted by molar-refractivity contribution is 7.09. The highest BCUT2D eigenvalue weighted by Crippen LogP contribution is 2.23. The summed E-state index contributed by atoms with van der Waals surface area (Å²) in [5, 5.41) is 14.1. The normalized spacial score (nSPS) is 12.5. The molecule has 0 saturated carbocycles. The van der Waals surface area contributed by atoms with Gasteiger partial charge in [0.2, 0.25) is 0 Å². The maximum absolute atomic E-state index is 10.6. The molecule has 0 amide bonds. The van der Waals surface area contributed by atoms with Crippen LogP contribution < -0.4 is 0 Å². The summed E-state index contributed by atoms with van der Waals surface area (Å²) in [5.74, 6) is 0. The first-order chi connectivity index (χ1) is 12.1. The number of halogens is 2. The molecule has 0 aliphatic rings. The quantitative estimate of drug-likeness (QED) is 0.550. The van der Waals surface area contributed by atoms with E-state index < -0.39 is 6.10 Å². The van der Waals surface area contributed by atoms with Crippen LogP contribution in [0.25, 0.3) is 0 Å². The van der Waals surface area contributed by atoms with Gasteiger partial charge in [0.25, 0.3) is 0 Å². The van der Waals surface area contributed by atoms with Crippen molar-refractivity contribution in [1.82, 2.24) is 4.90 Å². The van der Waals surface area contributed by atoms with E-state index in [9.17, 15) is 5.11 Å². The lowest BCUT2D eigenvalue weighted by Crippen LogP contribution is -2.28. The van der Waals surface area contributed by atoms with E-state index in [2.05, 4.69) is 16.3 Å². The number of aliphatic hydroxyl groups is 1. The first-order valence-corrected chi connectivity index (χ1v) is 9.67. The Labute approximate surface area is 162 Å². The molecule has 1 unspecified atom stereocenters. The fourth-order valence-corrected chi connectivity index (χ4v) is 3.78. The Hall–Kier alpha value is -1.36. The molecule has 0 radical (unpaired) electrons. The van der Waals surface area contributed by atoms with Crippen molar-refractivity contribution in [2.24, 2.45) is 0 Å². The number of thiophene rings is 1. The van der Waals surface area contributed by atoms with Crippen LogP contribution in [0.5, 0.6) is 0 Å². The smallest absolute Gasteiger partial charge is 0.0917 e. The lowest BCUT2D eigenvalue weighted by atomic mass is 10.1. The Balaban J connectivity index is 1.75. The van der Waals surface area contributed by atoms with Crippen LogP contribution in [0.3, 0.4) is 0 Å². The molecule has 25 heavy (non-hydrogen) atoms. The second kappa shape index (κ2) is 8.84. The van der Waals surface area contributed by atoms with E-state index >= 15 is 0 Å². The molecule has 2 aromatic carbocycles. The topological polar surface area (TPSA) is 23.5 Å². The minimum Gasteiger partial charge on any atom is -0.387 e. The van der Waals surface area contributed by atoms with Crippen LogP contribution in [0.2, 0.25) is 10.0 Å². The van der Waals surface area contributed by atoms with E-state index in [1.165, 1.54) is 4.88 Å². The summed E-state index contributed by atoms with van der Waals surface area (Å²) in [6.45, 7) is 1.97. The van der Waals surface area contributed by atoms with Gasteiger partial charge in [0, 0.05) is 34.6 Å². The summed E-state index contributed by atoms with van der Waals surface area (Å²) in [6, 6.07) is 19.3. The molecule has 1 heterocycles. The van der Waals surface area contributed by atoms with Crippen LogP contribution in [0.4, 0.5) is 0 Å². The molecule has 5 heteroatoms. The standard InChI is InChI=1S/C20H19Cl2NOS/c21-17-9-7-15(8-10-17)20(24)14-23(13-18-5-3-11-25-18)12-16-4-1-2-6-19(16)22/h1-11,20,24H,12-14H2. The summed E-state index contributed by atoms with van der Waals surface area (Å²) in [4.78, 5) is 3.47. The van der Waals surface area contributed by atoms with Crippen LogP contribution >= 0.6 is 34.5 Å². The third-order valence-corrected chi connectivity index (χ3v) is 5.48. The van der Waals surface area contributed by atoms with Gasteiger partial charge in [-0.2, -0.15) is 0 Å². The molecule has 1 atom stereocenters. The van der Waals surface area contributed by atoms with Crippen LogP contribution in [-0.2, 0) is 13.1 Å². The fraction of sp³-hybridized carbons (Fsp3) is 0.200. The summed E-state index contributed by atoms with van der Waals surface area (Å²) in [7, 11) is 0. The Morgan fingerprint density at radius 2 is 1.68 bits per heavy atom. The van der Waals surface area contributed by atoms with Crippen LogP contribution in [0, 0.1) is 0 Å². The van der Waals surface area contributed by atoms with Crippen LogP contribution in [0.15, 0.2) is 66.0 Å². The molecule has 0 aliphatic carbocycles. The van der Waals surface area contributed by atoms with Gasteiger partial charge in [-0.25, -0.2) is 0 Å². The van der Waals surface area contributed by atoms with Gasteiger partial charge in [-0.15, -0.1) is 11.3 Å². The van der Waals surface area contributed by atoms with Crippen molar-refractivity contribution in [3.05, 3.63) is 92.1 Å². The van der Waals surface area contributed by atoms with Crippen molar-refractivity contribution in [2.45, 2.75) is 19.2 Å². The van der Waals surface area contributed by atoms with Crippen LogP contribution in [0.1, 0.15) is 22.1 Å². The molecular weight excluding hydrogens is 373 g/mol. The number of benzene rings is 2. The van der Waals surface area contributed by atoms with Gasteiger partial charge in [0.05, 0.1) is 6.10 Å². The molecule has 1 aromatic heterocycles. The first-order valence-electron chi connectivity index (χ1n) is 8.03. The molecule has 0 fully saturated rings. The second-order valence-electron chi connectivity index (χ2n) is 5.91. The molecule has 0 spiro atoms. The van der Waals surface area contributed by atoms with Gasteiger partial charge in [-0.05, 0) is 40.8 Å². The monoisotopic (exact) mass is 391 g/mol. The molecule has 0 aliphatic heterocycles. The highest BCUT2D eigenvalue weighted by atomic mass is 35.5. The van der Waals surface area contributed by atoms with E-state index in [0.717, 1.165) is 22.7 Å². The Morgan fingerprint density at radius 3 is 2.36 bits per heavy atom. The first kappa shape index (κ1) is 18.4. The second-order valence-corrected chi connectivity index (χ2v) is 7.78. The zero-order chi connectivity index (χ0) is 17.6. The highest BCUT2D eigenvalue weighted by Gasteiger charge is 2.16. The van der Waals surface area contributed by atoms with Crippen molar-refractivity contribution >= 4 is 34.5 Å². The van der Waals surface area contributed by atoms with Crippen molar-refractivity contribution in [3.63, 3.8) is 0 Å². The van der Waals surface area contributed by atoms with Gasteiger partial charge in [-0.3, -0.25) is 4.90 Å². The summed E-state index contributed by atoms with van der Waals surface area (Å²) >= 11 is 14.0. The molecular formula is C20H19Cl2NOS. The van der Waals surface area contributed by atoms with Crippen molar-refractivity contribution < 1.29 is 5.11 Å². The molecule has 0 saturated heterocycles. The lowest BCUT2D eigenvalue weighted by Gasteiger charge is -2.25. The van der Waals surface area contributed by atoms with Gasteiger partial charge in [0.1, 0.15) is 0 Å². The maximum atomic E-state index is 10.6. The van der Waals surface area contributed by atoms with E-state index in [4.69, 9.17) is 23.2 Å². The summed E-state index contributed by atoms with van der Waals surface area (Å²) in [5.41, 5.74) is 1.92. The third-order valence-electron chi connectivity index (χ3n) is 4.00. The SMILES string of the molecule is OC(CN(Cc1cccs1)Cc1ccccc1Cl)c1ccc(Cl)cc1. The minimum atomic E-state index is -0.584. The molecule has 1 N–H and O–H groups in total. The number of hydrogen-bond acceptors (Lipinski definition) is 3. The molecule has 2 nitrogen and oxygen atoms in total. The van der Waals surface area contributed by atoms with Gasteiger partial charge < -0.3 is 5.11 Å². The summed E-state index contributed by atoms with van der Waals surface area (Å²) < 4.78 is 0. The minimum absolute atomic E-state index is 0.519. The van der Waals surface area contributed by atoms with Crippen molar-refractivity contribution in [2.75, 3.05) is 6.54 Å². The van der Waals surface area contributed by atoms with E-state index in [1.54, 1.807) is 23.5 Å². The predicted molar refractivity (Wildman–Crippen MR) is 106 cm³/mol. The van der Waals surface area contributed by atoms with E-state index in [1.807, 2.05) is 42.5 Å². The average Bonchev–Trinajstić information content (AvgIpc) is 3.10. The van der Waals surface area contributed by atoms with Crippen molar-refractivity contribution in [1.29, 1.82) is 0 Å². The molecule has 0 bridgehead atoms. The number of rotatable bonds is 7. The van der Waals surface area contributed by atoms with Gasteiger partial charge >= 0.3 is 0 Å². The number of nitrogens with zero attached hydrogens (tertiary/aromatic N) is 1. The Bertz CT molecular complexity index is 790. The third kappa shape index (κ3) is 5.30. The number of aliphatic hydroxyl groups excluding tert-OH is 1. The molecule has 3 rings (SSSR count). The number of hydrogen-bond donors (Lipinski definition) is 1. The zero-order valence-electron chi connectivity index (χ0n) is 13.6. The predicted octanol–water partition coefficient (Wildman–Crippen LogP) is 5.79. The zero-order valence-corrected chi connectivity index (χ0v) is 15.9. The van der Waals surface area contributed by atoms with Crippen molar-refractivity contribution in [3.8, 4) is 0 Å². The molecule has 130 valence electrons. The van der Waals surface area contributed by atoms with Gasteiger partial charge in [-0.1, -0.05) is 59.6 Å². The average molecular weight is 392 g/mol. The summed E-state index contributed by atoms with van der Waals surface area (Å²) in [6.07, 6.45) is -0.584. The van der Waals surface area contributed by atoms with Crippen LogP contribution in [-0.4, -0.2) is 16.6 Å². The lowest BCUT2D eigenvalue weighted by molar-refractivity contribution is 0.105. The largest absolute Gasteiger partial charge is 0.387 e.